The van der Waals surface area contributed by atoms with E-state index >= 15 is 0 Å². The lowest BCUT2D eigenvalue weighted by atomic mass is 10.1. The van der Waals surface area contributed by atoms with Gasteiger partial charge in [-0.05, 0) is 37.1 Å². The highest BCUT2D eigenvalue weighted by atomic mass is 35.5. The third-order valence-corrected chi connectivity index (χ3v) is 4.76. The van der Waals surface area contributed by atoms with Gasteiger partial charge in [0.1, 0.15) is 5.75 Å². The Labute approximate surface area is 153 Å². The summed E-state index contributed by atoms with van der Waals surface area (Å²) in [6, 6.07) is 13.8. The average Bonchev–Trinajstić information content (AvgIpc) is 3.05. The Morgan fingerprint density at radius 1 is 1.28 bits per heavy atom. The molecule has 0 saturated carbocycles. The summed E-state index contributed by atoms with van der Waals surface area (Å²) in [7, 11) is 1.66. The molecule has 132 valence electrons. The van der Waals surface area contributed by atoms with E-state index in [1.54, 1.807) is 7.11 Å². The zero-order valence-corrected chi connectivity index (χ0v) is 15.3. The quantitative estimate of drug-likeness (QED) is 0.888. The second-order valence-electron chi connectivity index (χ2n) is 6.48. The summed E-state index contributed by atoms with van der Waals surface area (Å²) in [4.78, 5) is 14.5. The van der Waals surface area contributed by atoms with Crippen LogP contribution in [-0.4, -0.2) is 32.1 Å². The van der Waals surface area contributed by atoms with Crippen molar-refractivity contribution in [2.45, 2.75) is 25.8 Å². The molecule has 25 heavy (non-hydrogen) atoms. The molecule has 1 amide bonds. The number of nitrogens with zero attached hydrogens (tertiary/aromatic N) is 1. The van der Waals surface area contributed by atoms with Crippen molar-refractivity contribution in [1.82, 2.24) is 5.32 Å². The number of ether oxygens (including phenoxy) is 1. The second kappa shape index (κ2) is 7.79. The van der Waals surface area contributed by atoms with Crippen LogP contribution in [0.4, 0.5) is 5.69 Å². The zero-order valence-electron chi connectivity index (χ0n) is 14.6. The topological polar surface area (TPSA) is 41.6 Å². The first kappa shape index (κ1) is 17.6. The number of aryl methyl sites for hydroxylation is 1. The summed E-state index contributed by atoms with van der Waals surface area (Å²) in [5, 5.41) is 3.82. The predicted molar refractivity (Wildman–Crippen MR) is 102 cm³/mol. The van der Waals surface area contributed by atoms with Crippen LogP contribution in [0.25, 0.3) is 0 Å². The van der Waals surface area contributed by atoms with Crippen LogP contribution in [0, 0.1) is 6.92 Å². The summed E-state index contributed by atoms with van der Waals surface area (Å²) in [5.41, 5.74) is 3.21. The predicted octanol–water partition coefficient (Wildman–Crippen LogP) is 3.59. The molecule has 1 N–H and O–H groups in total. The molecule has 1 fully saturated rings. The summed E-state index contributed by atoms with van der Waals surface area (Å²) in [6.45, 7) is 3.67. The molecule has 1 aliphatic rings. The molecule has 4 nitrogen and oxygen atoms in total. The Bertz CT molecular complexity index is 746. The molecule has 0 spiro atoms. The number of nitrogens with one attached hydrogen (secondary N) is 1. The van der Waals surface area contributed by atoms with Gasteiger partial charge in [-0.25, -0.2) is 0 Å². The summed E-state index contributed by atoms with van der Waals surface area (Å²) in [5.74, 6) is 0.866. The fourth-order valence-electron chi connectivity index (χ4n) is 3.18. The molecule has 1 aliphatic heterocycles. The van der Waals surface area contributed by atoms with Crippen LogP contribution in [0.1, 0.15) is 17.5 Å². The number of methoxy groups -OCH3 is 1. The van der Waals surface area contributed by atoms with Crippen molar-refractivity contribution in [3.63, 3.8) is 0 Å². The van der Waals surface area contributed by atoms with E-state index in [1.165, 1.54) is 5.56 Å². The van der Waals surface area contributed by atoms with Crippen molar-refractivity contribution < 1.29 is 9.53 Å². The Kier molecular flexibility index (Phi) is 5.49. The maximum Gasteiger partial charge on any atom is 0.224 e. The molecule has 0 aromatic heterocycles. The average molecular weight is 359 g/mol. The molecule has 5 heteroatoms. The van der Waals surface area contributed by atoms with Gasteiger partial charge in [-0.2, -0.15) is 0 Å². The van der Waals surface area contributed by atoms with E-state index in [9.17, 15) is 4.79 Å². The fraction of sp³-hybridized carbons (Fsp3) is 0.350. The van der Waals surface area contributed by atoms with Crippen LogP contribution in [-0.2, 0) is 11.2 Å². The number of carbonyl (C=O) groups is 1. The molecule has 0 radical (unpaired) electrons. The standard InChI is InChI=1S/C20H23ClN2O2/c1-14-3-5-15(6-4-14)11-20(24)22-17-9-10-23(13-17)18-12-16(21)7-8-19(18)25-2/h3-8,12,17H,9-11,13H2,1-2H3,(H,22,24)/t17-/m0/s1. The van der Waals surface area contributed by atoms with E-state index in [4.69, 9.17) is 16.3 Å². The molecule has 2 aromatic rings. The third kappa shape index (κ3) is 4.45. The summed E-state index contributed by atoms with van der Waals surface area (Å²) in [6.07, 6.45) is 1.33. The Balaban J connectivity index is 1.58. The van der Waals surface area contributed by atoms with Gasteiger partial charge in [0.2, 0.25) is 5.91 Å². The molecule has 1 heterocycles. The first-order valence-corrected chi connectivity index (χ1v) is 8.86. The minimum absolute atomic E-state index is 0.0637. The van der Waals surface area contributed by atoms with E-state index in [1.807, 2.05) is 49.4 Å². The molecule has 1 saturated heterocycles. The number of hydrogen-bond acceptors (Lipinski definition) is 3. The minimum Gasteiger partial charge on any atom is -0.495 e. The number of anilines is 1. The lowest BCUT2D eigenvalue weighted by Gasteiger charge is -2.21. The van der Waals surface area contributed by atoms with Gasteiger partial charge < -0.3 is 15.0 Å². The highest BCUT2D eigenvalue weighted by Gasteiger charge is 2.26. The molecule has 0 aliphatic carbocycles. The van der Waals surface area contributed by atoms with E-state index in [-0.39, 0.29) is 11.9 Å². The van der Waals surface area contributed by atoms with E-state index in [0.29, 0.717) is 11.4 Å². The smallest absolute Gasteiger partial charge is 0.224 e. The third-order valence-electron chi connectivity index (χ3n) is 4.52. The van der Waals surface area contributed by atoms with Crippen molar-refractivity contribution in [1.29, 1.82) is 0 Å². The van der Waals surface area contributed by atoms with E-state index in [0.717, 1.165) is 36.5 Å². The largest absolute Gasteiger partial charge is 0.495 e. The van der Waals surface area contributed by atoms with Gasteiger partial charge in [-0.3, -0.25) is 4.79 Å². The number of halogens is 1. The normalized spacial score (nSPS) is 16.8. The van der Waals surface area contributed by atoms with Crippen LogP contribution < -0.4 is 15.0 Å². The molecular formula is C20H23ClN2O2. The van der Waals surface area contributed by atoms with Crippen molar-refractivity contribution in [3.05, 3.63) is 58.6 Å². The lowest BCUT2D eigenvalue weighted by Crippen LogP contribution is -2.38. The van der Waals surface area contributed by atoms with E-state index < -0.39 is 0 Å². The van der Waals surface area contributed by atoms with Crippen molar-refractivity contribution in [3.8, 4) is 5.75 Å². The van der Waals surface area contributed by atoms with Crippen LogP contribution in [0.3, 0.4) is 0 Å². The Morgan fingerprint density at radius 3 is 2.76 bits per heavy atom. The SMILES string of the molecule is COc1ccc(Cl)cc1N1CC[C@H](NC(=O)Cc2ccc(C)cc2)C1. The molecule has 1 atom stereocenters. The van der Waals surface area contributed by atoms with Crippen molar-refractivity contribution >= 4 is 23.2 Å². The lowest BCUT2D eigenvalue weighted by molar-refractivity contribution is -0.121. The number of rotatable bonds is 5. The van der Waals surface area contributed by atoms with Crippen LogP contribution >= 0.6 is 11.6 Å². The molecular weight excluding hydrogens is 336 g/mol. The van der Waals surface area contributed by atoms with E-state index in [2.05, 4.69) is 10.2 Å². The van der Waals surface area contributed by atoms with Gasteiger partial charge in [-0.15, -0.1) is 0 Å². The molecule has 0 bridgehead atoms. The van der Waals surface area contributed by atoms with Crippen molar-refractivity contribution in [2.75, 3.05) is 25.1 Å². The number of carbonyl (C=O) groups excluding carboxylic acids is 1. The van der Waals surface area contributed by atoms with Gasteiger partial charge in [0, 0.05) is 24.2 Å². The van der Waals surface area contributed by atoms with Crippen molar-refractivity contribution in [2.24, 2.45) is 0 Å². The maximum atomic E-state index is 12.3. The Hall–Kier alpha value is -2.20. The zero-order chi connectivity index (χ0) is 17.8. The highest BCUT2D eigenvalue weighted by molar-refractivity contribution is 6.30. The number of benzene rings is 2. The van der Waals surface area contributed by atoms with Crippen LogP contribution in [0.5, 0.6) is 5.75 Å². The van der Waals surface area contributed by atoms with Crippen LogP contribution in [0.2, 0.25) is 5.02 Å². The molecule has 3 rings (SSSR count). The Morgan fingerprint density at radius 2 is 2.04 bits per heavy atom. The highest BCUT2D eigenvalue weighted by Crippen LogP contribution is 2.33. The van der Waals surface area contributed by atoms with Gasteiger partial charge in [0.15, 0.2) is 0 Å². The maximum absolute atomic E-state index is 12.3. The molecule has 2 aromatic carbocycles. The monoisotopic (exact) mass is 358 g/mol. The van der Waals surface area contributed by atoms with Gasteiger partial charge in [0.25, 0.3) is 0 Å². The first-order valence-electron chi connectivity index (χ1n) is 8.48. The van der Waals surface area contributed by atoms with Gasteiger partial charge in [-0.1, -0.05) is 41.4 Å². The first-order chi connectivity index (χ1) is 12.0. The molecule has 0 unspecified atom stereocenters. The fourth-order valence-corrected chi connectivity index (χ4v) is 3.34. The summed E-state index contributed by atoms with van der Waals surface area (Å²) >= 11 is 6.12. The van der Waals surface area contributed by atoms with Crippen LogP contribution in [0.15, 0.2) is 42.5 Å². The second-order valence-corrected chi connectivity index (χ2v) is 6.91. The van der Waals surface area contributed by atoms with Gasteiger partial charge in [0.05, 0.1) is 19.2 Å². The van der Waals surface area contributed by atoms with Gasteiger partial charge >= 0.3 is 0 Å². The number of amides is 1. The minimum atomic E-state index is 0.0637. The summed E-state index contributed by atoms with van der Waals surface area (Å²) < 4.78 is 5.43. The number of hydrogen-bond donors (Lipinski definition) is 1.